The molecule has 1 N–H and O–H groups in total. The van der Waals surface area contributed by atoms with E-state index in [1.165, 1.54) is 0 Å². The first kappa shape index (κ1) is 11.9. The fourth-order valence-electron chi connectivity index (χ4n) is 1.68. The Labute approximate surface area is 107 Å². The number of halogens is 1. The van der Waals surface area contributed by atoms with Crippen LogP contribution in [0.3, 0.4) is 0 Å². The fraction of sp³-hybridized carbons (Fsp3) is 0.154. The van der Waals surface area contributed by atoms with E-state index >= 15 is 0 Å². The van der Waals surface area contributed by atoms with Crippen LogP contribution in [-0.2, 0) is 4.74 Å². The van der Waals surface area contributed by atoms with Crippen LogP contribution < -0.4 is 0 Å². The summed E-state index contributed by atoms with van der Waals surface area (Å²) in [6, 6.07) is 8.89. The highest BCUT2D eigenvalue weighted by molar-refractivity contribution is 9.10. The van der Waals surface area contributed by atoms with Crippen LogP contribution >= 0.6 is 15.9 Å². The van der Waals surface area contributed by atoms with Crippen LogP contribution in [0.5, 0.6) is 5.75 Å². The maximum atomic E-state index is 11.7. The molecule has 0 radical (unpaired) electrons. The molecule has 0 aliphatic heterocycles. The third-order valence-electron chi connectivity index (χ3n) is 2.46. The van der Waals surface area contributed by atoms with Gasteiger partial charge in [0.15, 0.2) is 0 Å². The number of carbonyl (C=O) groups excluding carboxylic acids is 1. The lowest BCUT2D eigenvalue weighted by atomic mass is 10.1. The maximum absolute atomic E-state index is 11.7. The molecule has 0 fully saturated rings. The van der Waals surface area contributed by atoms with E-state index in [1.807, 2.05) is 18.2 Å². The third kappa shape index (κ3) is 2.13. The Morgan fingerprint density at radius 1 is 1.35 bits per heavy atom. The van der Waals surface area contributed by atoms with Gasteiger partial charge in [-0.25, -0.2) is 4.79 Å². The van der Waals surface area contributed by atoms with Gasteiger partial charge in [-0.15, -0.1) is 0 Å². The van der Waals surface area contributed by atoms with Gasteiger partial charge in [-0.3, -0.25) is 0 Å². The SMILES string of the molecule is CCOC(=O)c1cc(Br)c2ccccc2c1O. The molecule has 0 aliphatic carbocycles. The number of aromatic hydroxyl groups is 1. The number of hydrogen-bond donors (Lipinski definition) is 1. The Hall–Kier alpha value is -1.55. The molecule has 88 valence electrons. The molecule has 0 aromatic heterocycles. The summed E-state index contributed by atoms with van der Waals surface area (Å²) in [6.07, 6.45) is 0. The van der Waals surface area contributed by atoms with Gasteiger partial charge in [-0.05, 0) is 18.4 Å². The summed E-state index contributed by atoms with van der Waals surface area (Å²) < 4.78 is 5.65. The van der Waals surface area contributed by atoms with Crippen molar-refractivity contribution in [2.24, 2.45) is 0 Å². The standard InChI is InChI=1S/C13H11BrO3/c1-2-17-13(16)10-7-11(14)8-5-3-4-6-9(8)12(10)15/h3-7,15H,2H2,1H3. The van der Waals surface area contributed by atoms with Crippen LogP contribution in [0, 0.1) is 0 Å². The van der Waals surface area contributed by atoms with Gasteiger partial charge in [0, 0.05) is 9.86 Å². The van der Waals surface area contributed by atoms with Gasteiger partial charge in [0.1, 0.15) is 11.3 Å². The summed E-state index contributed by atoms with van der Waals surface area (Å²) in [5.74, 6) is -0.557. The minimum Gasteiger partial charge on any atom is -0.506 e. The molecule has 2 aromatic carbocycles. The molecule has 0 unspecified atom stereocenters. The van der Waals surface area contributed by atoms with Gasteiger partial charge in [-0.1, -0.05) is 40.2 Å². The molecule has 0 amide bonds. The van der Waals surface area contributed by atoms with Crippen LogP contribution in [0.15, 0.2) is 34.8 Å². The molecule has 17 heavy (non-hydrogen) atoms. The topological polar surface area (TPSA) is 46.5 Å². The van der Waals surface area contributed by atoms with Crippen LogP contribution in [-0.4, -0.2) is 17.7 Å². The number of hydrogen-bond acceptors (Lipinski definition) is 3. The minimum atomic E-state index is -0.517. The van der Waals surface area contributed by atoms with Gasteiger partial charge >= 0.3 is 5.97 Å². The molecule has 0 saturated heterocycles. The molecule has 0 spiro atoms. The summed E-state index contributed by atoms with van der Waals surface area (Å²) in [6.45, 7) is 2.01. The number of esters is 1. The largest absolute Gasteiger partial charge is 0.506 e. The molecule has 3 nitrogen and oxygen atoms in total. The van der Waals surface area contributed by atoms with E-state index in [0.717, 1.165) is 9.86 Å². The molecule has 2 rings (SSSR count). The molecule has 0 aliphatic rings. The zero-order chi connectivity index (χ0) is 12.4. The second-order valence-corrected chi connectivity index (χ2v) is 4.37. The predicted octanol–water partition coefficient (Wildman–Crippen LogP) is 3.48. The number of fused-ring (bicyclic) bond motifs is 1. The van der Waals surface area contributed by atoms with Crippen LogP contribution in [0.25, 0.3) is 10.8 Å². The smallest absolute Gasteiger partial charge is 0.341 e. The van der Waals surface area contributed by atoms with E-state index in [2.05, 4.69) is 15.9 Å². The monoisotopic (exact) mass is 294 g/mol. The van der Waals surface area contributed by atoms with E-state index in [0.29, 0.717) is 5.39 Å². The lowest BCUT2D eigenvalue weighted by Crippen LogP contribution is -2.05. The van der Waals surface area contributed by atoms with Crippen molar-refractivity contribution in [2.45, 2.75) is 6.92 Å². The van der Waals surface area contributed by atoms with Gasteiger partial charge < -0.3 is 9.84 Å². The van der Waals surface area contributed by atoms with Gasteiger partial charge in [0.05, 0.1) is 6.61 Å². The maximum Gasteiger partial charge on any atom is 0.341 e. The average molecular weight is 295 g/mol. The highest BCUT2D eigenvalue weighted by Gasteiger charge is 2.16. The zero-order valence-electron chi connectivity index (χ0n) is 9.24. The lowest BCUT2D eigenvalue weighted by molar-refractivity contribution is 0.0523. The van der Waals surface area contributed by atoms with Crippen molar-refractivity contribution in [1.82, 2.24) is 0 Å². The number of phenols is 1. The van der Waals surface area contributed by atoms with Crippen molar-refractivity contribution in [2.75, 3.05) is 6.61 Å². The second-order valence-electron chi connectivity index (χ2n) is 3.52. The number of carbonyl (C=O) groups is 1. The van der Waals surface area contributed by atoms with Gasteiger partial charge in [0.2, 0.25) is 0 Å². The van der Waals surface area contributed by atoms with Gasteiger partial charge in [0.25, 0.3) is 0 Å². The van der Waals surface area contributed by atoms with Crippen molar-refractivity contribution >= 4 is 32.7 Å². The quantitative estimate of drug-likeness (QED) is 0.863. The summed E-state index contributed by atoms with van der Waals surface area (Å²) in [5.41, 5.74) is 0.178. The van der Waals surface area contributed by atoms with Crippen LogP contribution in [0.2, 0.25) is 0 Å². The number of ether oxygens (including phenoxy) is 1. The van der Waals surface area contributed by atoms with Crippen molar-refractivity contribution < 1.29 is 14.6 Å². The summed E-state index contributed by atoms with van der Waals surface area (Å²) in [4.78, 5) is 11.7. The van der Waals surface area contributed by atoms with E-state index in [9.17, 15) is 9.90 Å². The van der Waals surface area contributed by atoms with Gasteiger partial charge in [-0.2, -0.15) is 0 Å². The molecule has 4 heteroatoms. The first-order valence-electron chi connectivity index (χ1n) is 5.22. The van der Waals surface area contributed by atoms with Crippen molar-refractivity contribution in [3.05, 3.63) is 40.4 Å². The highest BCUT2D eigenvalue weighted by Crippen LogP contribution is 2.34. The molecule has 0 bridgehead atoms. The van der Waals surface area contributed by atoms with Crippen molar-refractivity contribution in [1.29, 1.82) is 0 Å². The Morgan fingerprint density at radius 3 is 2.65 bits per heavy atom. The Morgan fingerprint density at radius 2 is 2.00 bits per heavy atom. The molecule has 0 saturated carbocycles. The van der Waals surface area contributed by atoms with Crippen LogP contribution in [0.4, 0.5) is 0 Å². The first-order chi connectivity index (χ1) is 8.15. The van der Waals surface area contributed by atoms with Crippen molar-refractivity contribution in [3.8, 4) is 5.75 Å². The molecular weight excluding hydrogens is 284 g/mol. The molecule has 0 heterocycles. The minimum absolute atomic E-state index is 0.0396. The Kier molecular flexibility index (Phi) is 3.33. The Bertz CT molecular complexity index is 578. The molecule has 2 aromatic rings. The van der Waals surface area contributed by atoms with E-state index in [1.54, 1.807) is 19.1 Å². The number of rotatable bonds is 2. The summed E-state index contributed by atoms with van der Waals surface area (Å²) in [7, 11) is 0. The number of phenolic OH excluding ortho intramolecular Hbond substituents is 1. The highest BCUT2D eigenvalue weighted by atomic mass is 79.9. The normalized spacial score (nSPS) is 10.5. The van der Waals surface area contributed by atoms with E-state index in [-0.39, 0.29) is 17.9 Å². The zero-order valence-corrected chi connectivity index (χ0v) is 10.8. The van der Waals surface area contributed by atoms with Crippen LogP contribution in [0.1, 0.15) is 17.3 Å². The number of benzene rings is 2. The lowest BCUT2D eigenvalue weighted by Gasteiger charge is -2.09. The average Bonchev–Trinajstić information content (AvgIpc) is 2.34. The second kappa shape index (κ2) is 4.75. The molecule has 0 atom stereocenters. The van der Waals surface area contributed by atoms with E-state index in [4.69, 9.17) is 4.74 Å². The fourth-order valence-corrected chi connectivity index (χ4v) is 2.25. The van der Waals surface area contributed by atoms with E-state index < -0.39 is 5.97 Å². The summed E-state index contributed by atoms with van der Waals surface area (Å²) in [5, 5.41) is 11.5. The molecular formula is C13H11BrO3. The Balaban J connectivity index is 2.67. The first-order valence-corrected chi connectivity index (χ1v) is 6.01. The van der Waals surface area contributed by atoms with Crippen molar-refractivity contribution in [3.63, 3.8) is 0 Å². The third-order valence-corrected chi connectivity index (χ3v) is 3.12. The summed E-state index contributed by atoms with van der Waals surface area (Å²) >= 11 is 3.38. The predicted molar refractivity (Wildman–Crippen MR) is 69.3 cm³/mol.